The third-order valence-electron chi connectivity index (χ3n) is 3.32. The van der Waals surface area contributed by atoms with Gasteiger partial charge in [-0.25, -0.2) is 0 Å². The minimum atomic E-state index is 0.135. The number of furan rings is 1. The largest absolute Gasteiger partial charge is 0.469 e. The Morgan fingerprint density at radius 3 is 2.81 bits per heavy atom. The maximum absolute atomic E-state index is 12.3. The molecule has 16 heavy (non-hydrogen) atoms. The van der Waals surface area contributed by atoms with Gasteiger partial charge < -0.3 is 9.32 Å². The van der Waals surface area contributed by atoms with Crippen LogP contribution in [0.4, 0.5) is 0 Å². The fourth-order valence-electron chi connectivity index (χ4n) is 2.42. The fourth-order valence-corrected chi connectivity index (χ4v) is 2.42. The smallest absolute Gasteiger partial charge is 0.257 e. The molecule has 1 aromatic heterocycles. The molecule has 0 saturated carbocycles. The Hall–Kier alpha value is -1.25. The summed E-state index contributed by atoms with van der Waals surface area (Å²) in [5, 5.41) is 0. The predicted molar refractivity (Wildman–Crippen MR) is 62.5 cm³/mol. The van der Waals surface area contributed by atoms with Crippen molar-refractivity contribution in [1.82, 2.24) is 4.90 Å². The number of rotatable bonds is 1. The van der Waals surface area contributed by atoms with Gasteiger partial charge in [-0.15, -0.1) is 0 Å². The first-order valence-corrected chi connectivity index (χ1v) is 5.93. The number of piperidine rings is 1. The van der Waals surface area contributed by atoms with Gasteiger partial charge in [-0.3, -0.25) is 4.79 Å². The molecular weight excluding hydrogens is 202 g/mol. The van der Waals surface area contributed by atoms with Crippen molar-refractivity contribution in [3.8, 4) is 0 Å². The van der Waals surface area contributed by atoms with E-state index in [-0.39, 0.29) is 5.91 Å². The van der Waals surface area contributed by atoms with E-state index in [1.54, 1.807) is 6.26 Å². The molecule has 2 rings (SSSR count). The summed E-state index contributed by atoms with van der Waals surface area (Å²) < 4.78 is 5.29. The molecule has 1 aromatic rings. The van der Waals surface area contributed by atoms with E-state index in [4.69, 9.17) is 4.42 Å². The summed E-state index contributed by atoms with van der Waals surface area (Å²) in [7, 11) is 0. The minimum Gasteiger partial charge on any atom is -0.469 e. The zero-order valence-corrected chi connectivity index (χ0v) is 10.2. The lowest BCUT2D eigenvalue weighted by Gasteiger charge is -2.31. The van der Waals surface area contributed by atoms with Crippen molar-refractivity contribution in [1.29, 1.82) is 0 Å². The van der Waals surface area contributed by atoms with Crippen molar-refractivity contribution in [3.05, 3.63) is 23.2 Å². The summed E-state index contributed by atoms with van der Waals surface area (Å²) in [6.07, 6.45) is 4.01. The van der Waals surface area contributed by atoms with Crippen molar-refractivity contribution >= 4 is 5.91 Å². The highest BCUT2D eigenvalue weighted by molar-refractivity contribution is 5.96. The summed E-state index contributed by atoms with van der Waals surface area (Å²) in [5.74, 6) is 1.49. The third-order valence-corrected chi connectivity index (χ3v) is 3.32. The maximum atomic E-state index is 12.3. The second-order valence-corrected chi connectivity index (χ2v) is 4.85. The van der Waals surface area contributed by atoms with Crippen LogP contribution in [0, 0.1) is 19.8 Å². The van der Waals surface area contributed by atoms with Crippen LogP contribution in [0.1, 0.15) is 41.4 Å². The quantitative estimate of drug-likeness (QED) is 0.730. The summed E-state index contributed by atoms with van der Waals surface area (Å²) in [4.78, 5) is 14.3. The molecule has 0 N–H and O–H groups in total. The highest BCUT2D eigenvalue weighted by atomic mass is 16.3. The molecule has 3 nitrogen and oxygen atoms in total. The van der Waals surface area contributed by atoms with Crippen LogP contribution >= 0.6 is 0 Å². The molecule has 1 aliphatic heterocycles. The summed E-state index contributed by atoms with van der Waals surface area (Å²) in [6, 6.07) is 0. The van der Waals surface area contributed by atoms with Gasteiger partial charge in [-0.1, -0.05) is 6.92 Å². The van der Waals surface area contributed by atoms with Gasteiger partial charge in [-0.2, -0.15) is 0 Å². The second-order valence-electron chi connectivity index (χ2n) is 4.85. The average Bonchev–Trinajstić information content (AvgIpc) is 2.58. The van der Waals surface area contributed by atoms with E-state index in [1.165, 1.54) is 6.42 Å². The van der Waals surface area contributed by atoms with E-state index in [9.17, 15) is 4.79 Å². The molecule has 0 aromatic carbocycles. The molecule has 1 saturated heterocycles. The van der Waals surface area contributed by atoms with Gasteiger partial charge in [0.15, 0.2) is 0 Å². The maximum Gasteiger partial charge on any atom is 0.257 e. The van der Waals surface area contributed by atoms with E-state index < -0.39 is 0 Å². The lowest BCUT2D eigenvalue weighted by molar-refractivity contribution is 0.0680. The molecule has 88 valence electrons. The molecule has 1 atom stereocenters. The second kappa shape index (κ2) is 4.32. The van der Waals surface area contributed by atoms with Gasteiger partial charge in [0.2, 0.25) is 0 Å². The van der Waals surface area contributed by atoms with Gasteiger partial charge in [0, 0.05) is 18.7 Å². The van der Waals surface area contributed by atoms with Crippen LogP contribution in [-0.2, 0) is 0 Å². The van der Waals surface area contributed by atoms with Crippen LogP contribution in [0.15, 0.2) is 10.7 Å². The Labute approximate surface area is 96.4 Å². The van der Waals surface area contributed by atoms with E-state index in [0.717, 1.165) is 36.4 Å². The normalized spacial score (nSPS) is 21.2. The first-order chi connectivity index (χ1) is 7.59. The van der Waals surface area contributed by atoms with Gasteiger partial charge >= 0.3 is 0 Å². The van der Waals surface area contributed by atoms with E-state index in [2.05, 4.69) is 6.92 Å². The van der Waals surface area contributed by atoms with E-state index in [1.807, 2.05) is 18.7 Å². The molecule has 0 spiro atoms. The average molecular weight is 221 g/mol. The number of carbonyl (C=O) groups is 1. The Kier molecular flexibility index (Phi) is 3.03. The highest BCUT2D eigenvalue weighted by Crippen LogP contribution is 2.22. The number of hydrogen-bond acceptors (Lipinski definition) is 2. The first-order valence-electron chi connectivity index (χ1n) is 5.93. The lowest BCUT2D eigenvalue weighted by Crippen LogP contribution is -2.39. The number of aryl methyl sites for hydroxylation is 2. The van der Waals surface area contributed by atoms with Crippen LogP contribution in [0.5, 0.6) is 0 Å². The van der Waals surface area contributed by atoms with Gasteiger partial charge in [-0.05, 0) is 32.6 Å². The molecule has 0 aliphatic carbocycles. The van der Waals surface area contributed by atoms with E-state index >= 15 is 0 Å². The lowest BCUT2D eigenvalue weighted by atomic mass is 9.99. The van der Waals surface area contributed by atoms with Gasteiger partial charge in [0.05, 0.1) is 11.8 Å². The zero-order valence-electron chi connectivity index (χ0n) is 10.2. The Morgan fingerprint density at radius 1 is 1.50 bits per heavy atom. The molecule has 1 aliphatic rings. The highest BCUT2D eigenvalue weighted by Gasteiger charge is 2.25. The van der Waals surface area contributed by atoms with Gasteiger partial charge in [0.1, 0.15) is 5.76 Å². The molecule has 0 radical (unpaired) electrons. The van der Waals surface area contributed by atoms with Crippen LogP contribution in [-0.4, -0.2) is 23.9 Å². The molecule has 1 amide bonds. The van der Waals surface area contributed by atoms with E-state index in [0.29, 0.717) is 5.92 Å². The third kappa shape index (κ3) is 1.99. The number of amides is 1. The van der Waals surface area contributed by atoms with Gasteiger partial charge in [0.25, 0.3) is 5.91 Å². The van der Waals surface area contributed by atoms with Crippen LogP contribution in [0.25, 0.3) is 0 Å². The molecule has 1 unspecified atom stereocenters. The number of hydrogen-bond donors (Lipinski definition) is 0. The molecule has 1 fully saturated rings. The molecule has 0 bridgehead atoms. The minimum absolute atomic E-state index is 0.135. The molecular formula is C13H19NO2. The van der Waals surface area contributed by atoms with Crippen LogP contribution in [0.3, 0.4) is 0 Å². The Morgan fingerprint density at radius 2 is 2.25 bits per heavy atom. The monoisotopic (exact) mass is 221 g/mol. The first kappa shape index (κ1) is 11.2. The number of nitrogens with zero attached hydrogens (tertiary/aromatic N) is 1. The zero-order chi connectivity index (χ0) is 11.7. The van der Waals surface area contributed by atoms with Crippen LogP contribution in [0.2, 0.25) is 0 Å². The van der Waals surface area contributed by atoms with Crippen molar-refractivity contribution < 1.29 is 9.21 Å². The number of likely N-dealkylation sites (tertiary alicyclic amines) is 1. The predicted octanol–water partition coefficient (Wildman–Crippen LogP) is 2.77. The SMILES string of the molecule is Cc1coc(C)c1C(=O)N1CCCC(C)C1. The Bertz CT molecular complexity index is 375. The topological polar surface area (TPSA) is 33.5 Å². The molecule has 3 heteroatoms. The number of carbonyl (C=O) groups excluding carboxylic acids is 1. The fraction of sp³-hybridized carbons (Fsp3) is 0.615. The standard InChI is InChI=1S/C13H19NO2/c1-9-5-4-6-14(7-9)13(15)12-10(2)8-16-11(12)3/h8-9H,4-7H2,1-3H3. The summed E-state index contributed by atoms with van der Waals surface area (Å²) >= 11 is 0. The van der Waals surface area contributed by atoms with Crippen molar-refractivity contribution in [2.24, 2.45) is 5.92 Å². The summed E-state index contributed by atoms with van der Waals surface area (Å²) in [6.45, 7) is 7.75. The Balaban J connectivity index is 2.18. The molecule has 2 heterocycles. The van der Waals surface area contributed by atoms with Crippen molar-refractivity contribution in [3.63, 3.8) is 0 Å². The summed E-state index contributed by atoms with van der Waals surface area (Å²) in [5.41, 5.74) is 1.70. The van der Waals surface area contributed by atoms with Crippen molar-refractivity contribution in [2.45, 2.75) is 33.6 Å². The van der Waals surface area contributed by atoms with Crippen molar-refractivity contribution in [2.75, 3.05) is 13.1 Å². The van der Waals surface area contributed by atoms with Crippen LogP contribution < -0.4 is 0 Å².